The van der Waals surface area contributed by atoms with Crippen LogP contribution < -0.4 is 5.43 Å². The van der Waals surface area contributed by atoms with E-state index in [1.54, 1.807) is 23.0 Å². The maximum atomic E-state index is 12.3. The van der Waals surface area contributed by atoms with E-state index in [1.165, 1.54) is 18.3 Å². The molecule has 2 aromatic carbocycles. The average Bonchev–Trinajstić information content (AvgIpc) is 3.04. The van der Waals surface area contributed by atoms with Gasteiger partial charge in [-0.2, -0.15) is 10.2 Å². The molecule has 0 saturated heterocycles. The van der Waals surface area contributed by atoms with Crippen molar-refractivity contribution in [1.29, 1.82) is 0 Å². The number of nitrogens with zero attached hydrogens (tertiary/aromatic N) is 4. The molecule has 0 unspecified atom stereocenters. The fourth-order valence-corrected chi connectivity index (χ4v) is 3.07. The van der Waals surface area contributed by atoms with Gasteiger partial charge in [0.1, 0.15) is 0 Å². The van der Waals surface area contributed by atoms with Crippen molar-refractivity contribution in [3.8, 4) is 0 Å². The minimum Gasteiger partial charge on any atom is -0.266 e. The summed E-state index contributed by atoms with van der Waals surface area (Å²) in [4.78, 5) is 22.5. The first-order chi connectivity index (χ1) is 13.4. The van der Waals surface area contributed by atoms with E-state index < -0.39 is 10.8 Å². The lowest BCUT2D eigenvalue weighted by Gasteiger charge is -2.01. The van der Waals surface area contributed by atoms with Crippen LogP contribution in [0, 0.1) is 10.1 Å². The third-order valence-electron chi connectivity index (χ3n) is 3.67. The number of nitrogens with one attached hydrogen (secondary N) is 1. The minimum absolute atomic E-state index is 0.0223. The Bertz CT molecular complexity index is 1030. The molecule has 1 heterocycles. The van der Waals surface area contributed by atoms with E-state index in [2.05, 4.69) is 47.5 Å². The van der Waals surface area contributed by atoms with Crippen LogP contribution in [0.3, 0.4) is 0 Å². The van der Waals surface area contributed by atoms with Gasteiger partial charge < -0.3 is 0 Å². The zero-order valence-corrected chi connectivity index (χ0v) is 17.4. The quantitative estimate of drug-likeness (QED) is 0.308. The van der Waals surface area contributed by atoms with Crippen LogP contribution in [-0.2, 0) is 6.54 Å². The van der Waals surface area contributed by atoms with Gasteiger partial charge in [0, 0.05) is 22.8 Å². The fourth-order valence-electron chi connectivity index (χ4n) is 2.31. The molecule has 0 atom stereocenters. The Labute approximate surface area is 176 Å². The number of halogens is 2. The zero-order valence-electron chi connectivity index (χ0n) is 14.3. The highest BCUT2D eigenvalue weighted by Gasteiger charge is 2.15. The van der Waals surface area contributed by atoms with Crippen molar-refractivity contribution in [3.05, 3.63) is 90.6 Å². The van der Waals surface area contributed by atoms with Crippen molar-refractivity contribution >= 4 is 49.7 Å². The number of nitro groups is 1. The Morgan fingerprint density at radius 3 is 2.50 bits per heavy atom. The highest BCUT2D eigenvalue weighted by Crippen LogP contribution is 2.17. The third-order valence-corrected chi connectivity index (χ3v) is 4.78. The lowest BCUT2D eigenvalue weighted by Crippen LogP contribution is -2.19. The molecule has 0 aliphatic rings. The number of non-ortho nitro benzene ring substituents is 1. The predicted octanol–water partition coefficient (Wildman–Crippen LogP) is 4.13. The Hall–Kier alpha value is -2.85. The van der Waals surface area contributed by atoms with Crippen LogP contribution in [0.4, 0.5) is 5.69 Å². The summed E-state index contributed by atoms with van der Waals surface area (Å²) in [5.41, 5.74) is 4.31. The smallest absolute Gasteiger partial charge is 0.266 e. The van der Waals surface area contributed by atoms with Crippen molar-refractivity contribution in [2.24, 2.45) is 5.10 Å². The maximum Gasteiger partial charge on any atom is 0.293 e. The number of hydrogen-bond acceptors (Lipinski definition) is 5. The average molecular weight is 507 g/mol. The molecule has 3 aromatic rings. The lowest BCUT2D eigenvalue weighted by atomic mass is 10.2. The summed E-state index contributed by atoms with van der Waals surface area (Å²) in [6.45, 7) is 0.367. The molecule has 3 rings (SSSR count). The first-order valence-electron chi connectivity index (χ1n) is 7.97. The van der Waals surface area contributed by atoms with E-state index in [0.717, 1.165) is 15.6 Å². The molecule has 0 spiro atoms. The molecule has 0 bridgehead atoms. The van der Waals surface area contributed by atoms with E-state index in [4.69, 9.17) is 0 Å². The second-order valence-electron chi connectivity index (χ2n) is 5.70. The maximum absolute atomic E-state index is 12.3. The van der Waals surface area contributed by atoms with Crippen molar-refractivity contribution in [2.45, 2.75) is 6.54 Å². The number of hydrazone groups is 1. The number of aromatic nitrogens is 2. The van der Waals surface area contributed by atoms with Crippen LogP contribution in [0.25, 0.3) is 0 Å². The van der Waals surface area contributed by atoms with E-state index in [9.17, 15) is 14.9 Å². The molecule has 10 heteroatoms. The monoisotopic (exact) mass is 505 g/mol. The van der Waals surface area contributed by atoms with Crippen molar-refractivity contribution in [1.82, 2.24) is 15.2 Å². The van der Waals surface area contributed by atoms with Gasteiger partial charge in [0.05, 0.1) is 22.2 Å². The first kappa shape index (κ1) is 19.9. The SMILES string of the molecule is O=C(NN=Cc1ccc(Br)cc1)c1nn(Cc2ccc([N+](=O)[O-])cc2)cc1Br. The normalized spacial score (nSPS) is 10.9. The van der Waals surface area contributed by atoms with E-state index in [1.807, 2.05) is 24.3 Å². The molecule has 0 aliphatic heterocycles. The molecule has 142 valence electrons. The third kappa shape index (κ3) is 5.11. The molecule has 0 saturated carbocycles. The lowest BCUT2D eigenvalue weighted by molar-refractivity contribution is -0.384. The number of carbonyl (C=O) groups is 1. The Kier molecular flexibility index (Phi) is 6.32. The van der Waals surface area contributed by atoms with Gasteiger partial charge in [-0.3, -0.25) is 19.6 Å². The van der Waals surface area contributed by atoms with Crippen LogP contribution in [0.15, 0.2) is 68.8 Å². The van der Waals surface area contributed by atoms with Gasteiger partial charge >= 0.3 is 0 Å². The van der Waals surface area contributed by atoms with E-state index in [-0.39, 0.29) is 11.4 Å². The predicted molar refractivity (Wildman–Crippen MR) is 111 cm³/mol. The van der Waals surface area contributed by atoms with Crippen molar-refractivity contribution in [3.63, 3.8) is 0 Å². The number of nitro benzene ring substituents is 1. The summed E-state index contributed by atoms with van der Waals surface area (Å²) in [7, 11) is 0. The molecule has 1 amide bonds. The molecule has 1 N–H and O–H groups in total. The Morgan fingerprint density at radius 2 is 1.86 bits per heavy atom. The highest BCUT2D eigenvalue weighted by atomic mass is 79.9. The van der Waals surface area contributed by atoms with Crippen molar-refractivity contribution < 1.29 is 9.72 Å². The molecular weight excluding hydrogens is 494 g/mol. The Morgan fingerprint density at radius 1 is 1.18 bits per heavy atom. The minimum atomic E-state index is -0.456. The van der Waals surface area contributed by atoms with Gasteiger partial charge in [0.25, 0.3) is 11.6 Å². The van der Waals surface area contributed by atoms with Gasteiger partial charge in [-0.05, 0) is 39.2 Å². The molecule has 1 aromatic heterocycles. The summed E-state index contributed by atoms with van der Waals surface area (Å²) < 4.78 is 3.04. The topological polar surface area (TPSA) is 102 Å². The van der Waals surface area contributed by atoms with Crippen LogP contribution in [0.1, 0.15) is 21.6 Å². The number of benzene rings is 2. The highest BCUT2D eigenvalue weighted by molar-refractivity contribution is 9.10. The van der Waals surface area contributed by atoms with Crippen LogP contribution in [0.2, 0.25) is 0 Å². The summed E-state index contributed by atoms with van der Waals surface area (Å²) in [6, 6.07) is 13.6. The van der Waals surface area contributed by atoms with Gasteiger partial charge in [-0.25, -0.2) is 5.43 Å². The van der Waals surface area contributed by atoms with Crippen molar-refractivity contribution in [2.75, 3.05) is 0 Å². The number of carbonyl (C=O) groups excluding carboxylic acids is 1. The molecule has 0 fully saturated rings. The summed E-state index contributed by atoms with van der Waals surface area (Å²) in [5, 5.41) is 18.9. The number of hydrogen-bond donors (Lipinski definition) is 1. The zero-order chi connectivity index (χ0) is 20.1. The van der Waals surface area contributed by atoms with Gasteiger partial charge in [0.2, 0.25) is 0 Å². The summed E-state index contributed by atoms with van der Waals surface area (Å²) >= 11 is 6.67. The molecule has 0 aliphatic carbocycles. The fraction of sp³-hybridized carbons (Fsp3) is 0.0556. The van der Waals surface area contributed by atoms with Crippen LogP contribution in [0.5, 0.6) is 0 Å². The number of rotatable bonds is 6. The Balaban J connectivity index is 1.64. The molecular formula is C18H13Br2N5O3. The van der Waals surface area contributed by atoms with E-state index >= 15 is 0 Å². The molecule has 8 nitrogen and oxygen atoms in total. The second kappa shape index (κ2) is 8.89. The first-order valence-corrected chi connectivity index (χ1v) is 9.56. The van der Waals surface area contributed by atoms with E-state index in [0.29, 0.717) is 11.0 Å². The largest absolute Gasteiger partial charge is 0.293 e. The van der Waals surface area contributed by atoms with Crippen LogP contribution in [-0.4, -0.2) is 26.8 Å². The molecule has 28 heavy (non-hydrogen) atoms. The van der Waals surface area contributed by atoms with Crippen LogP contribution >= 0.6 is 31.9 Å². The second-order valence-corrected chi connectivity index (χ2v) is 7.47. The molecule has 0 radical (unpaired) electrons. The number of amides is 1. The van der Waals surface area contributed by atoms with Gasteiger partial charge in [0.15, 0.2) is 5.69 Å². The van der Waals surface area contributed by atoms with Gasteiger partial charge in [-0.1, -0.05) is 40.2 Å². The standard InChI is InChI=1S/C18H13Br2N5O3/c19-14-5-1-12(2-6-14)9-21-22-18(26)17-16(20)11-24(23-17)10-13-3-7-15(8-4-13)25(27)28/h1-9,11H,10H2,(H,22,26). The van der Waals surface area contributed by atoms with Gasteiger partial charge in [-0.15, -0.1) is 0 Å². The summed E-state index contributed by atoms with van der Waals surface area (Å²) in [5.74, 6) is -0.456. The summed E-state index contributed by atoms with van der Waals surface area (Å²) in [6.07, 6.45) is 3.20.